The summed E-state index contributed by atoms with van der Waals surface area (Å²) < 4.78 is 11.1. The Hall–Kier alpha value is -1.65. The van der Waals surface area contributed by atoms with Crippen LogP contribution >= 0.6 is 11.8 Å². The molecule has 2 aromatic carbocycles. The lowest BCUT2D eigenvalue weighted by molar-refractivity contribution is 0.171. The molecule has 2 N–H and O–H groups in total. The van der Waals surface area contributed by atoms with Crippen molar-refractivity contribution in [1.29, 1.82) is 0 Å². The molecule has 0 amide bonds. The highest BCUT2D eigenvalue weighted by Crippen LogP contribution is 2.37. The topological polar surface area (TPSA) is 44.5 Å². The molecular formula is C16H17NO2S. The summed E-state index contributed by atoms with van der Waals surface area (Å²) in [6.07, 6.45) is 0. The third-order valence-electron chi connectivity index (χ3n) is 3.22. The lowest BCUT2D eigenvalue weighted by Crippen LogP contribution is -2.15. The highest BCUT2D eigenvalue weighted by Gasteiger charge is 2.12. The maximum absolute atomic E-state index is 5.66. The van der Waals surface area contributed by atoms with Crippen LogP contribution in [0.1, 0.15) is 11.1 Å². The summed E-state index contributed by atoms with van der Waals surface area (Å²) in [7, 11) is 0. The smallest absolute Gasteiger partial charge is 0.162 e. The maximum Gasteiger partial charge on any atom is 0.162 e. The normalized spacial score (nSPS) is 13.3. The third-order valence-corrected chi connectivity index (χ3v) is 4.38. The number of fused-ring (bicyclic) bond motifs is 1. The van der Waals surface area contributed by atoms with E-state index in [0.717, 1.165) is 22.0 Å². The SMILES string of the molecule is Cc1cc(CN)ccc1Sc1ccc2c(c1)OCCO2. The molecule has 2 aromatic rings. The van der Waals surface area contributed by atoms with Gasteiger partial charge in [-0.2, -0.15) is 0 Å². The molecule has 3 rings (SSSR count). The summed E-state index contributed by atoms with van der Waals surface area (Å²) in [5.41, 5.74) is 8.06. The summed E-state index contributed by atoms with van der Waals surface area (Å²) in [6, 6.07) is 12.4. The summed E-state index contributed by atoms with van der Waals surface area (Å²) in [5, 5.41) is 0. The number of benzene rings is 2. The molecule has 20 heavy (non-hydrogen) atoms. The largest absolute Gasteiger partial charge is 0.486 e. The van der Waals surface area contributed by atoms with Crippen molar-refractivity contribution in [2.45, 2.75) is 23.3 Å². The standard InChI is InChI=1S/C16H17NO2S/c1-11-8-12(10-17)2-5-16(11)20-13-3-4-14-15(9-13)19-7-6-18-14/h2-5,8-9H,6-7,10,17H2,1H3. The van der Waals surface area contributed by atoms with Crippen LogP contribution in [0.25, 0.3) is 0 Å². The molecular weight excluding hydrogens is 270 g/mol. The van der Waals surface area contributed by atoms with Gasteiger partial charge in [0.25, 0.3) is 0 Å². The van der Waals surface area contributed by atoms with Crippen molar-refractivity contribution in [1.82, 2.24) is 0 Å². The van der Waals surface area contributed by atoms with E-state index in [1.54, 1.807) is 11.8 Å². The van der Waals surface area contributed by atoms with Gasteiger partial charge in [-0.15, -0.1) is 0 Å². The first-order valence-electron chi connectivity index (χ1n) is 6.63. The van der Waals surface area contributed by atoms with Gasteiger partial charge >= 0.3 is 0 Å². The number of hydrogen-bond acceptors (Lipinski definition) is 4. The number of aryl methyl sites for hydroxylation is 1. The minimum Gasteiger partial charge on any atom is -0.486 e. The van der Waals surface area contributed by atoms with Gasteiger partial charge in [-0.3, -0.25) is 0 Å². The van der Waals surface area contributed by atoms with Gasteiger partial charge in [0.05, 0.1) is 0 Å². The second-order valence-corrected chi connectivity index (χ2v) is 5.83. The molecule has 0 spiro atoms. The Bertz CT molecular complexity index is 628. The Morgan fingerprint density at radius 3 is 2.60 bits per heavy atom. The quantitative estimate of drug-likeness (QED) is 0.940. The molecule has 4 heteroatoms. The highest BCUT2D eigenvalue weighted by atomic mass is 32.2. The van der Waals surface area contributed by atoms with Gasteiger partial charge in [-0.1, -0.05) is 23.9 Å². The predicted octanol–water partition coefficient (Wildman–Crippen LogP) is 3.38. The minimum atomic E-state index is 0.579. The molecule has 0 saturated carbocycles. The zero-order chi connectivity index (χ0) is 13.9. The summed E-state index contributed by atoms with van der Waals surface area (Å²) >= 11 is 1.73. The van der Waals surface area contributed by atoms with Gasteiger partial charge in [0.2, 0.25) is 0 Å². The highest BCUT2D eigenvalue weighted by molar-refractivity contribution is 7.99. The first kappa shape index (κ1) is 13.3. The van der Waals surface area contributed by atoms with Crippen LogP contribution in [0, 0.1) is 6.92 Å². The fraction of sp³-hybridized carbons (Fsp3) is 0.250. The van der Waals surface area contributed by atoms with Crippen LogP contribution in [0.2, 0.25) is 0 Å². The third kappa shape index (κ3) is 2.76. The lowest BCUT2D eigenvalue weighted by atomic mass is 10.1. The Morgan fingerprint density at radius 1 is 1.05 bits per heavy atom. The van der Waals surface area contributed by atoms with Crippen LogP contribution < -0.4 is 15.2 Å². The molecule has 0 aliphatic carbocycles. The number of rotatable bonds is 3. The monoisotopic (exact) mass is 287 g/mol. The molecule has 0 radical (unpaired) electrons. The van der Waals surface area contributed by atoms with Crippen LogP contribution in [-0.4, -0.2) is 13.2 Å². The molecule has 1 heterocycles. The fourth-order valence-corrected chi connectivity index (χ4v) is 3.08. The van der Waals surface area contributed by atoms with Crippen LogP contribution in [0.5, 0.6) is 11.5 Å². The van der Waals surface area contributed by atoms with Gasteiger partial charge in [-0.25, -0.2) is 0 Å². The van der Waals surface area contributed by atoms with E-state index in [1.165, 1.54) is 10.5 Å². The van der Waals surface area contributed by atoms with Crippen molar-refractivity contribution in [3.63, 3.8) is 0 Å². The Kier molecular flexibility index (Phi) is 3.85. The van der Waals surface area contributed by atoms with Crippen LogP contribution in [0.15, 0.2) is 46.2 Å². The summed E-state index contributed by atoms with van der Waals surface area (Å²) in [6.45, 7) is 3.93. The molecule has 0 aromatic heterocycles. The van der Waals surface area contributed by atoms with Crippen LogP contribution in [-0.2, 0) is 6.54 Å². The minimum absolute atomic E-state index is 0.579. The Labute approximate surface area is 123 Å². The van der Waals surface area contributed by atoms with E-state index in [4.69, 9.17) is 15.2 Å². The zero-order valence-electron chi connectivity index (χ0n) is 11.4. The van der Waals surface area contributed by atoms with E-state index >= 15 is 0 Å². The van der Waals surface area contributed by atoms with Gasteiger partial charge in [0.15, 0.2) is 11.5 Å². The van der Waals surface area contributed by atoms with Crippen molar-refractivity contribution in [3.05, 3.63) is 47.5 Å². The molecule has 0 unspecified atom stereocenters. The van der Waals surface area contributed by atoms with E-state index in [9.17, 15) is 0 Å². The van der Waals surface area contributed by atoms with Gasteiger partial charge < -0.3 is 15.2 Å². The van der Waals surface area contributed by atoms with Crippen molar-refractivity contribution < 1.29 is 9.47 Å². The first-order valence-corrected chi connectivity index (χ1v) is 7.45. The number of nitrogens with two attached hydrogens (primary N) is 1. The van der Waals surface area contributed by atoms with Crippen molar-refractivity contribution in [2.24, 2.45) is 5.73 Å². The van der Waals surface area contributed by atoms with E-state index in [-0.39, 0.29) is 0 Å². The summed E-state index contributed by atoms with van der Waals surface area (Å²) in [5.74, 6) is 1.66. The average Bonchev–Trinajstić information content (AvgIpc) is 2.49. The second-order valence-electron chi connectivity index (χ2n) is 4.71. The van der Waals surface area contributed by atoms with Crippen molar-refractivity contribution in [3.8, 4) is 11.5 Å². The molecule has 0 fully saturated rings. The molecule has 0 saturated heterocycles. The van der Waals surface area contributed by atoms with Crippen molar-refractivity contribution in [2.75, 3.05) is 13.2 Å². The summed E-state index contributed by atoms with van der Waals surface area (Å²) in [4.78, 5) is 2.39. The van der Waals surface area contributed by atoms with Gasteiger partial charge in [0.1, 0.15) is 13.2 Å². The Balaban J connectivity index is 1.84. The molecule has 3 nitrogen and oxygen atoms in total. The number of ether oxygens (including phenoxy) is 2. The molecule has 104 valence electrons. The van der Waals surface area contributed by atoms with E-state index in [2.05, 4.69) is 31.2 Å². The first-order chi connectivity index (χ1) is 9.76. The number of hydrogen-bond donors (Lipinski definition) is 1. The van der Waals surface area contributed by atoms with E-state index < -0.39 is 0 Å². The van der Waals surface area contributed by atoms with E-state index in [1.807, 2.05) is 12.1 Å². The molecule has 1 aliphatic heterocycles. The fourth-order valence-electron chi connectivity index (χ4n) is 2.17. The van der Waals surface area contributed by atoms with Crippen LogP contribution in [0.4, 0.5) is 0 Å². The maximum atomic E-state index is 5.66. The predicted molar refractivity (Wildman–Crippen MR) is 80.6 cm³/mol. The van der Waals surface area contributed by atoms with Crippen molar-refractivity contribution >= 4 is 11.8 Å². The Morgan fingerprint density at radius 2 is 1.85 bits per heavy atom. The average molecular weight is 287 g/mol. The molecule has 0 atom stereocenters. The lowest BCUT2D eigenvalue weighted by Gasteiger charge is -2.18. The molecule has 0 bridgehead atoms. The van der Waals surface area contributed by atoms with Gasteiger partial charge in [-0.05, 0) is 42.3 Å². The molecule has 1 aliphatic rings. The van der Waals surface area contributed by atoms with Gasteiger partial charge in [0, 0.05) is 16.3 Å². The van der Waals surface area contributed by atoms with E-state index in [0.29, 0.717) is 19.8 Å². The van der Waals surface area contributed by atoms with Crippen LogP contribution in [0.3, 0.4) is 0 Å². The zero-order valence-corrected chi connectivity index (χ0v) is 12.2. The second kappa shape index (κ2) is 5.77.